The Morgan fingerprint density at radius 1 is 1.23 bits per heavy atom. The summed E-state index contributed by atoms with van der Waals surface area (Å²) in [4.78, 5) is 3.93. The molecule has 2 aromatic rings. The van der Waals surface area contributed by atoms with Crippen molar-refractivity contribution in [3.8, 4) is 17.1 Å². The van der Waals surface area contributed by atoms with Gasteiger partial charge in [0.15, 0.2) is 5.82 Å². The number of H-pyrrole nitrogens is 1. The van der Waals surface area contributed by atoms with Crippen molar-refractivity contribution in [1.29, 1.82) is 0 Å². The molecule has 0 bridgehead atoms. The van der Waals surface area contributed by atoms with Crippen LogP contribution in [0, 0.1) is 0 Å². The van der Waals surface area contributed by atoms with Crippen molar-refractivity contribution in [3.05, 3.63) is 29.5 Å². The molecule has 0 aliphatic carbocycles. The summed E-state index contributed by atoms with van der Waals surface area (Å²) in [7, 11) is 0. The zero-order valence-electron chi connectivity index (χ0n) is 6.53. The molecule has 2 N–H and O–H groups in total. The third-order valence-corrected chi connectivity index (χ3v) is 1.75. The molecule has 1 aromatic heterocycles. The lowest BCUT2D eigenvalue weighted by atomic mass is 10.2. The molecule has 0 saturated heterocycles. The van der Waals surface area contributed by atoms with Crippen LogP contribution in [0.3, 0.4) is 0 Å². The summed E-state index contributed by atoms with van der Waals surface area (Å²) < 4.78 is 0. The summed E-state index contributed by atoms with van der Waals surface area (Å²) in [6.45, 7) is 0. The van der Waals surface area contributed by atoms with Crippen molar-refractivity contribution in [1.82, 2.24) is 15.2 Å². The fourth-order valence-electron chi connectivity index (χ4n) is 0.982. The van der Waals surface area contributed by atoms with Crippen molar-refractivity contribution in [3.63, 3.8) is 0 Å². The van der Waals surface area contributed by atoms with E-state index in [0.29, 0.717) is 5.82 Å². The van der Waals surface area contributed by atoms with Gasteiger partial charge in [0.2, 0.25) is 5.28 Å². The van der Waals surface area contributed by atoms with E-state index in [4.69, 9.17) is 16.7 Å². The number of benzene rings is 1. The van der Waals surface area contributed by atoms with Gasteiger partial charge in [-0.05, 0) is 35.9 Å². The molecule has 0 atom stereocenters. The van der Waals surface area contributed by atoms with E-state index in [1.54, 1.807) is 24.3 Å². The Bertz CT molecular complexity index is 410. The van der Waals surface area contributed by atoms with Crippen molar-refractivity contribution in [2.75, 3.05) is 0 Å². The highest BCUT2D eigenvalue weighted by atomic mass is 35.5. The highest BCUT2D eigenvalue weighted by Crippen LogP contribution is 2.18. The Balaban J connectivity index is 2.41. The molecular formula is C8H6ClN3O. The van der Waals surface area contributed by atoms with Crippen molar-refractivity contribution in [2.24, 2.45) is 0 Å². The first-order chi connectivity index (χ1) is 6.25. The van der Waals surface area contributed by atoms with Gasteiger partial charge in [0.25, 0.3) is 0 Å². The predicted molar refractivity (Wildman–Crippen MR) is 48.5 cm³/mol. The molecule has 0 aliphatic rings. The molecule has 0 spiro atoms. The average molecular weight is 196 g/mol. The summed E-state index contributed by atoms with van der Waals surface area (Å²) in [5, 5.41) is 15.7. The van der Waals surface area contributed by atoms with E-state index in [0.717, 1.165) is 5.56 Å². The van der Waals surface area contributed by atoms with Crippen molar-refractivity contribution < 1.29 is 5.11 Å². The molecule has 5 heteroatoms. The molecule has 4 nitrogen and oxygen atoms in total. The Labute approximate surface area is 79.2 Å². The Kier molecular flexibility index (Phi) is 1.90. The highest BCUT2D eigenvalue weighted by molar-refractivity contribution is 6.28. The number of aromatic nitrogens is 3. The van der Waals surface area contributed by atoms with Gasteiger partial charge in [-0.2, -0.15) is 10.1 Å². The van der Waals surface area contributed by atoms with E-state index < -0.39 is 0 Å². The lowest BCUT2D eigenvalue weighted by Crippen LogP contribution is -1.79. The number of nitrogens with one attached hydrogen (secondary N) is 1. The fourth-order valence-corrected chi connectivity index (χ4v) is 1.10. The van der Waals surface area contributed by atoms with E-state index in [9.17, 15) is 0 Å². The van der Waals surface area contributed by atoms with Gasteiger partial charge in [-0.25, -0.2) is 5.10 Å². The van der Waals surface area contributed by atoms with Gasteiger partial charge in [-0.1, -0.05) is 0 Å². The maximum absolute atomic E-state index is 9.03. The van der Waals surface area contributed by atoms with Crippen LogP contribution in [0.5, 0.6) is 5.75 Å². The molecule has 0 saturated carbocycles. The molecule has 0 fully saturated rings. The van der Waals surface area contributed by atoms with Gasteiger partial charge in [0, 0.05) is 5.56 Å². The summed E-state index contributed by atoms with van der Waals surface area (Å²) in [6.07, 6.45) is 0. The third kappa shape index (κ3) is 1.62. The number of halogens is 1. The second-order valence-electron chi connectivity index (χ2n) is 2.50. The van der Waals surface area contributed by atoms with Gasteiger partial charge in [0.05, 0.1) is 0 Å². The number of nitrogens with zero attached hydrogens (tertiary/aromatic N) is 2. The maximum Gasteiger partial charge on any atom is 0.218 e. The zero-order valence-corrected chi connectivity index (χ0v) is 7.28. The first-order valence-corrected chi connectivity index (χ1v) is 4.01. The highest BCUT2D eigenvalue weighted by Gasteiger charge is 2.03. The lowest BCUT2D eigenvalue weighted by molar-refractivity contribution is 0.475. The molecule has 13 heavy (non-hydrogen) atoms. The normalized spacial score (nSPS) is 10.2. The quantitative estimate of drug-likeness (QED) is 0.730. The average Bonchev–Trinajstić information content (AvgIpc) is 2.53. The number of aromatic amines is 1. The topological polar surface area (TPSA) is 61.8 Å². The minimum absolute atomic E-state index is 0.213. The minimum Gasteiger partial charge on any atom is -0.508 e. The molecule has 0 amide bonds. The van der Waals surface area contributed by atoms with Crippen LogP contribution < -0.4 is 0 Å². The summed E-state index contributed by atoms with van der Waals surface area (Å²) in [6, 6.07) is 6.57. The van der Waals surface area contributed by atoms with Crippen LogP contribution in [0.25, 0.3) is 11.4 Å². The van der Waals surface area contributed by atoms with Crippen LogP contribution in [-0.4, -0.2) is 20.3 Å². The molecule has 66 valence electrons. The van der Waals surface area contributed by atoms with Gasteiger partial charge in [0.1, 0.15) is 5.75 Å². The Morgan fingerprint density at radius 2 is 1.92 bits per heavy atom. The van der Waals surface area contributed by atoms with Crippen molar-refractivity contribution >= 4 is 11.6 Å². The number of aromatic hydroxyl groups is 1. The molecule has 1 aromatic carbocycles. The van der Waals surface area contributed by atoms with Gasteiger partial charge in [-0.15, -0.1) is 0 Å². The van der Waals surface area contributed by atoms with Gasteiger partial charge >= 0.3 is 0 Å². The second-order valence-corrected chi connectivity index (χ2v) is 2.85. The second kappa shape index (κ2) is 3.06. The summed E-state index contributed by atoms with van der Waals surface area (Å²) >= 11 is 5.56. The largest absolute Gasteiger partial charge is 0.508 e. The van der Waals surface area contributed by atoms with Crippen LogP contribution in [0.15, 0.2) is 24.3 Å². The number of hydrogen-bond donors (Lipinski definition) is 2. The van der Waals surface area contributed by atoms with Crippen LogP contribution >= 0.6 is 11.6 Å². The monoisotopic (exact) mass is 195 g/mol. The van der Waals surface area contributed by atoms with Gasteiger partial charge < -0.3 is 5.11 Å². The molecule has 2 rings (SSSR count). The zero-order chi connectivity index (χ0) is 9.26. The molecule has 1 heterocycles. The van der Waals surface area contributed by atoms with E-state index >= 15 is 0 Å². The minimum atomic E-state index is 0.213. The van der Waals surface area contributed by atoms with Gasteiger partial charge in [-0.3, -0.25) is 0 Å². The number of hydrogen-bond acceptors (Lipinski definition) is 3. The fraction of sp³-hybridized carbons (Fsp3) is 0. The summed E-state index contributed by atoms with van der Waals surface area (Å²) in [5.74, 6) is 0.732. The van der Waals surface area contributed by atoms with Crippen molar-refractivity contribution in [2.45, 2.75) is 0 Å². The Morgan fingerprint density at radius 3 is 2.46 bits per heavy atom. The molecule has 0 radical (unpaired) electrons. The van der Waals surface area contributed by atoms with E-state index in [-0.39, 0.29) is 11.0 Å². The SMILES string of the molecule is Oc1ccc(-c2n[nH]c(Cl)n2)cc1. The summed E-state index contributed by atoms with van der Waals surface area (Å²) in [5.41, 5.74) is 0.806. The molecule has 0 unspecified atom stereocenters. The maximum atomic E-state index is 9.03. The first kappa shape index (κ1) is 8.07. The lowest BCUT2D eigenvalue weighted by Gasteiger charge is -1.93. The first-order valence-electron chi connectivity index (χ1n) is 3.63. The van der Waals surface area contributed by atoms with E-state index in [1.807, 2.05) is 0 Å². The van der Waals surface area contributed by atoms with Crippen LogP contribution in [0.2, 0.25) is 5.28 Å². The van der Waals surface area contributed by atoms with Crippen LogP contribution in [-0.2, 0) is 0 Å². The predicted octanol–water partition coefficient (Wildman–Crippen LogP) is 1.83. The van der Waals surface area contributed by atoms with E-state index in [2.05, 4.69) is 15.2 Å². The molecule has 0 aliphatic heterocycles. The third-order valence-electron chi connectivity index (χ3n) is 1.58. The molecular weight excluding hydrogens is 190 g/mol. The number of phenolic OH excluding ortho intramolecular Hbond substituents is 1. The van der Waals surface area contributed by atoms with Crippen LogP contribution in [0.4, 0.5) is 0 Å². The van der Waals surface area contributed by atoms with E-state index in [1.165, 1.54) is 0 Å². The standard InChI is InChI=1S/C8H6ClN3O/c9-8-10-7(11-12-8)5-1-3-6(13)4-2-5/h1-4,13H,(H,10,11,12). The smallest absolute Gasteiger partial charge is 0.218 e. The van der Waals surface area contributed by atoms with Crippen LogP contribution in [0.1, 0.15) is 0 Å². The Hall–Kier alpha value is -1.55. The number of rotatable bonds is 1. The number of phenols is 1.